The van der Waals surface area contributed by atoms with Crippen molar-refractivity contribution in [2.24, 2.45) is 0 Å². The van der Waals surface area contributed by atoms with Crippen LogP contribution in [0.25, 0.3) is 0 Å². The first-order chi connectivity index (χ1) is 9.70. The minimum absolute atomic E-state index is 0.0753. The van der Waals surface area contributed by atoms with Crippen LogP contribution in [0.5, 0.6) is 0 Å². The molecule has 1 heterocycles. The van der Waals surface area contributed by atoms with Crippen molar-refractivity contribution in [2.75, 3.05) is 46.0 Å². The van der Waals surface area contributed by atoms with Gasteiger partial charge in [0, 0.05) is 50.6 Å². The van der Waals surface area contributed by atoms with Crippen molar-refractivity contribution in [2.45, 2.75) is 49.9 Å². The lowest BCUT2D eigenvalue weighted by Crippen LogP contribution is -2.58. The lowest BCUT2D eigenvalue weighted by molar-refractivity contribution is 0.0603. The molecular weight excluding hydrogens is 286 g/mol. The summed E-state index contributed by atoms with van der Waals surface area (Å²) in [7, 11) is -0.770. The highest BCUT2D eigenvalue weighted by Crippen LogP contribution is 2.26. The fourth-order valence-electron chi connectivity index (χ4n) is 3.58. The Morgan fingerprint density at radius 2 is 1.76 bits per heavy atom. The van der Waals surface area contributed by atoms with Crippen molar-refractivity contribution in [3.8, 4) is 0 Å². The van der Waals surface area contributed by atoms with E-state index in [2.05, 4.69) is 36.0 Å². The van der Waals surface area contributed by atoms with Gasteiger partial charge in [-0.3, -0.25) is 4.90 Å². The number of piperazine rings is 1. The first-order valence-electron chi connectivity index (χ1n) is 8.06. The van der Waals surface area contributed by atoms with Gasteiger partial charge in [0.05, 0.1) is 5.25 Å². The average molecular weight is 317 g/mol. The molecule has 21 heavy (non-hydrogen) atoms. The Morgan fingerprint density at radius 3 is 2.33 bits per heavy atom. The number of rotatable bonds is 5. The van der Waals surface area contributed by atoms with Gasteiger partial charge < -0.3 is 10.2 Å². The maximum atomic E-state index is 11.9. The van der Waals surface area contributed by atoms with Crippen LogP contribution >= 0.6 is 0 Å². The molecule has 0 spiro atoms. The van der Waals surface area contributed by atoms with Gasteiger partial charge in [-0.25, -0.2) is 8.42 Å². The van der Waals surface area contributed by atoms with Crippen LogP contribution in [0.1, 0.15) is 33.1 Å². The van der Waals surface area contributed by atoms with E-state index >= 15 is 0 Å². The molecule has 0 aromatic heterocycles. The maximum absolute atomic E-state index is 11.9. The van der Waals surface area contributed by atoms with Crippen LogP contribution in [-0.2, 0) is 9.84 Å². The van der Waals surface area contributed by atoms with Crippen LogP contribution < -0.4 is 5.32 Å². The van der Waals surface area contributed by atoms with Crippen LogP contribution in [0, 0.1) is 0 Å². The van der Waals surface area contributed by atoms with E-state index in [4.69, 9.17) is 0 Å². The standard InChI is InChI=1S/C15H31N3O2S/c1-15(2,18-10-8-17(3)9-11-18)12-16-13-6-5-7-14(13)21(4,19)20/h13-14,16H,5-12H2,1-4H3. The number of hydrogen-bond donors (Lipinski definition) is 1. The van der Waals surface area contributed by atoms with Crippen LogP contribution in [0.3, 0.4) is 0 Å². The Labute approximate surface area is 130 Å². The zero-order valence-corrected chi connectivity index (χ0v) is 14.7. The van der Waals surface area contributed by atoms with Crippen molar-refractivity contribution in [3.05, 3.63) is 0 Å². The van der Waals surface area contributed by atoms with Gasteiger partial charge in [0.2, 0.25) is 0 Å². The number of nitrogens with zero attached hydrogens (tertiary/aromatic N) is 2. The molecule has 6 heteroatoms. The van der Waals surface area contributed by atoms with E-state index in [0.29, 0.717) is 0 Å². The fraction of sp³-hybridized carbons (Fsp3) is 1.00. The minimum atomic E-state index is -2.93. The van der Waals surface area contributed by atoms with E-state index in [9.17, 15) is 8.42 Å². The van der Waals surface area contributed by atoms with Crippen LogP contribution in [-0.4, -0.2) is 81.1 Å². The molecule has 0 aromatic rings. The maximum Gasteiger partial charge on any atom is 0.151 e. The van der Waals surface area contributed by atoms with Crippen molar-refractivity contribution in [1.82, 2.24) is 15.1 Å². The molecule has 1 N–H and O–H groups in total. The summed E-state index contributed by atoms with van der Waals surface area (Å²) in [6.45, 7) is 9.77. The largest absolute Gasteiger partial charge is 0.311 e. The fourth-order valence-corrected chi connectivity index (χ4v) is 5.00. The highest BCUT2D eigenvalue weighted by atomic mass is 32.2. The third-order valence-corrected chi connectivity index (χ3v) is 6.82. The molecule has 2 atom stereocenters. The molecule has 1 aliphatic heterocycles. The second kappa shape index (κ2) is 6.52. The highest BCUT2D eigenvalue weighted by Gasteiger charge is 2.36. The van der Waals surface area contributed by atoms with Crippen LogP contribution in [0.15, 0.2) is 0 Å². The molecule has 1 aliphatic carbocycles. The number of nitrogens with one attached hydrogen (secondary N) is 1. The normalized spacial score (nSPS) is 29.9. The number of sulfone groups is 1. The molecular formula is C15H31N3O2S. The summed E-state index contributed by atoms with van der Waals surface area (Å²) >= 11 is 0. The molecule has 0 amide bonds. The third kappa shape index (κ3) is 4.41. The molecule has 124 valence electrons. The quantitative estimate of drug-likeness (QED) is 0.803. The van der Waals surface area contributed by atoms with Gasteiger partial charge in [0.25, 0.3) is 0 Å². The Hall–Kier alpha value is -0.170. The Kier molecular flexibility index (Phi) is 5.34. The Morgan fingerprint density at radius 1 is 1.14 bits per heavy atom. The van der Waals surface area contributed by atoms with E-state index < -0.39 is 9.84 Å². The number of hydrogen-bond acceptors (Lipinski definition) is 5. The molecule has 2 unspecified atom stereocenters. The van der Waals surface area contributed by atoms with Gasteiger partial charge in [0.1, 0.15) is 0 Å². The smallest absolute Gasteiger partial charge is 0.151 e. The molecule has 2 fully saturated rings. The molecule has 0 aromatic carbocycles. The SMILES string of the molecule is CN1CCN(C(C)(C)CNC2CCCC2S(C)(=O)=O)CC1. The Balaban J connectivity index is 1.89. The monoisotopic (exact) mass is 317 g/mol. The summed E-state index contributed by atoms with van der Waals surface area (Å²) in [4.78, 5) is 4.88. The predicted octanol–water partition coefficient (Wildman–Crippen LogP) is 0.568. The van der Waals surface area contributed by atoms with Gasteiger partial charge in [-0.1, -0.05) is 6.42 Å². The Bertz CT molecular complexity index is 442. The summed E-state index contributed by atoms with van der Waals surface area (Å²) in [5.41, 5.74) is 0.0753. The van der Waals surface area contributed by atoms with Gasteiger partial charge in [-0.05, 0) is 33.7 Å². The molecule has 1 saturated carbocycles. The summed E-state index contributed by atoms with van der Waals surface area (Å²) in [6.07, 6.45) is 4.19. The lowest BCUT2D eigenvalue weighted by Gasteiger charge is -2.44. The second-order valence-electron chi connectivity index (χ2n) is 7.39. The molecule has 0 bridgehead atoms. The first-order valence-corrected chi connectivity index (χ1v) is 10.0. The predicted molar refractivity (Wildman–Crippen MR) is 87.4 cm³/mol. The highest BCUT2D eigenvalue weighted by molar-refractivity contribution is 7.91. The summed E-state index contributed by atoms with van der Waals surface area (Å²) < 4.78 is 23.7. The molecule has 2 aliphatic rings. The average Bonchev–Trinajstić information content (AvgIpc) is 2.85. The summed E-state index contributed by atoms with van der Waals surface area (Å²) in [5, 5.41) is 3.36. The van der Waals surface area contributed by atoms with Crippen molar-refractivity contribution in [3.63, 3.8) is 0 Å². The van der Waals surface area contributed by atoms with Crippen LogP contribution in [0.2, 0.25) is 0 Å². The van der Waals surface area contributed by atoms with Crippen molar-refractivity contribution in [1.29, 1.82) is 0 Å². The summed E-state index contributed by atoms with van der Waals surface area (Å²) in [5.74, 6) is 0. The van der Waals surface area contributed by atoms with Gasteiger partial charge in [0.15, 0.2) is 9.84 Å². The lowest BCUT2D eigenvalue weighted by atomic mass is 10.0. The third-order valence-electron chi connectivity index (χ3n) is 5.16. The summed E-state index contributed by atoms with van der Waals surface area (Å²) in [6, 6.07) is 0.131. The first kappa shape index (κ1) is 17.2. The zero-order valence-electron chi connectivity index (χ0n) is 13.9. The van der Waals surface area contributed by atoms with E-state index in [1.807, 2.05) is 0 Å². The minimum Gasteiger partial charge on any atom is -0.311 e. The van der Waals surface area contributed by atoms with Crippen molar-refractivity contribution < 1.29 is 8.42 Å². The van der Waals surface area contributed by atoms with Crippen molar-refractivity contribution >= 4 is 9.84 Å². The number of likely N-dealkylation sites (N-methyl/N-ethyl adjacent to an activating group) is 1. The van der Waals surface area contributed by atoms with Gasteiger partial charge in [-0.15, -0.1) is 0 Å². The molecule has 0 radical (unpaired) electrons. The molecule has 5 nitrogen and oxygen atoms in total. The second-order valence-corrected chi connectivity index (χ2v) is 9.65. The van der Waals surface area contributed by atoms with E-state index in [0.717, 1.165) is 52.0 Å². The molecule has 1 saturated heterocycles. The zero-order chi connectivity index (χ0) is 15.7. The molecule has 2 rings (SSSR count). The van der Waals surface area contributed by atoms with E-state index in [-0.39, 0.29) is 16.8 Å². The topological polar surface area (TPSA) is 52.6 Å². The van der Waals surface area contributed by atoms with E-state index in [1.54, 1.807) is 0 Å². The van der Waals surface area contributed by atoms with E-state index in [1.165, 1.54) is 6.26 Å². The van der Waals surface area contributed by atoms with Gasteiger partial charge >= 0.3 is 0 Å². The van der Waals surface area contributed by atoms with Gasteiger partial charge in [-0.2, -0.15) is 0 Å². The van der Waals surface area contributed by atoms with Crippen LogP contribution in [0.4, 0.5) is 0 Å².